The third-order valence-electron chi connectivity index (χ3n) is 4.03. The zero-order valence-electron chi connectivity index (χ0n) is 12.9. The van der Waals surface area contributed by atoms with E-state index in [0.717, 1.165) is 27.9 Å². The highest BCUT2D eigenvalue weighted by atomic mass is 16.2. The van der Waals surface area contributed by atoms with Crippen molar-refractivity contribution >= 4 is 11.4 Å². The van der Waals surface area contributed by atoms with Crippen LogP contribution in [0.2, 0.25) is 0 Å². The fraction of sp³-hybridized carbons (Fsp3) is 0.158. The van der Waals surface area contributed by atoms with Crippen molar-refractivity contribution < 1.29 is 0 Å². The molecule has 110 valence electrons. The Morgan fingerprint density at radius 2 is 1.45 bits per heavy atom. The van der Waals surface area contributed by atoms with Gasteiger partial charge in [0.25, 0.3) is 5.43 Å². The molecule has 0 aliphatic rings. The molecule has 0 aliphatic carbocycles. The molecule has 0 aliphatic heterocycles. The van der Waals surface area contributed by atoms with E-state index in [4.69, 9.17) is 0 Å². The van der Waals surface area contributed by atoms with Crippen LogP contribution in [0.15, 0.2) is 52.1 Å². The minimum atomic E-state index is -0.450. The monoisotopic (exact) mass is 291 g/mol. The Morgan fingerprint density at radius 3 is 2.09 bits per heavy atom. The van der Waals surface area contributed by atoms with Gasteiger partial charge in [0.15, 0.2) is 0 Å². The highest BCUT2D eigenvalue weighted by Gasteiger charge is 2.22. The molecule has 1 N–H and O–H groups in total. The summed E-state index contributed by atoms with van der Waals surface area (Å²) in [5.74, 6) is 0. The second-order valence-corrected chi connectivity index (χ2v) is 5.70. The van der Waals surface area contributed by atoms with Gasteiger partial charge >= 0.3 is 0 Å². The van der Waals surface area contributed by atoms with Crippen molar-refractivity contribution in [1.82, 2.24) is 0 Å². The zero-order valence-corrected chi connectivity index (χ0v) is 12.9. The maximum atomic E-state index is 12.0. The maximum absolute atomic E-state index is 12.0. The molecule has 0 radical (unpaired) electrons. The minimum Gasteiger partial charge on any atom is -0.352 e. The van der Waals surface area contributed by atoms with Crippen molar-refractivity contribution in [2.75, 3.05) is 5.32 Å². The van der Waals surface area contributed by atoms with Gasteiger partial charge in [-0.05, 0) is 49.6 Å². The predicted molar refractivity (Wildman–Crippen MR) is 90.7 cm³/mol. The van der Waals surface area contributed by atoms with Crippen LogP contribution in [0.4, 0.5) is 11.4 Å². The van der Waals surface area contributed by atoms with E-state index in [1.807, 2.05) is 63.2 Å². The molecule has 0 saturated heterocycles. The highest BCUT2D eigenvalue weighted by molar-refractivity contribution is 5.85. The Kier molecular flexibility index (Phi) is 3.41. The molecule has 0 aromatic heterocycles. The lowest BCUT2D eigenvalue weighted by molar-refractivity contribution is 1.32. The van der Waals surface area contributed by atoms with Gasteiger partial charge in [0.05, 0.1) is 5.56 Å². The minimum absolute atomic E-state index is 0.386. The van der Waals surface area contributed by atoms with E-state index in [9.17, 15) is 9.59 Å². The first kappa shape index (κ1) is 14.3. The van der Waals surface area contributed by atoms with E-state index in [0.29, 0.717) is 11.3 Å². The molecule has 0 unspecified atom stereocenters. The van der Waals surface area contributed by atoms with Crippen molar-refractivity contribution in [2.45, 2.75) is 20.8 Å². The number of hydrogen-bond acceptors (Lipinski definition) is 3. The summed E-state index contributed by atoms with van der Waals surface area (Å²) in [7, 11) is 0. The normalized spacial score (nSPS) is 10.9. The second kappa shape index (κ2) is 5.26. The van der Waals surface area contributed by atoms with E-state index in [1.54, 1.807) is 0 Å². The van der Waals surface area contributed by atoms with Gasteiger partial charge in [-0.2, -0.15) is 0 Å². The Morgan fingerprint density at radius 1 is 0.773 bits per heavy atom. The van der Waals surface area contributed by atoms with Gasteiger partial charge in [-0.25, -0.2) is 0 Å². The van der Waals surface area contributed by atoms with Gasteiger partial charge in [0.2, 0.25) is 5.43 Å². The topological polar surface area (TPSA) is 46.2 Å². The summed E-state index contributed by atoms with van der Waals surface area (Å²) in [4.78, 5) is 23.9. The Labute approximate surface area is 128 Å². The second-order valence-electron chi connectivity index (χ2n) is 5.70. The molecule has 3 heteroatoms. The molecule has 3 nitrogen and oxygen atoms in total. The number of aryl methyl sites for hydroxylation is 3. The molecule has 0 saturated carbocycles. The van der Waals surface area contributed by atoms with E-state index in [1.165, 1.54) is 0 Å². The molecule has 0 amide bonds. The molecular formula is C19H17NO2. The van der Waals surface area contributed by atoms with Crippen LogP contribution in [-0.4, -0.2) is 0 Å². The van der Waals surface area contributed by atoms with Crippen LogP contribution in [0.5, 0.6) is 0 Å². The van der Waals surface area contributed by atoms with Crippen LogP contribution >= 0.6 is 0 Å². The molecule has 3 aromatic rings. The van der Waals surface area contributed by atoms with Crippen molar-refractivity contribution in [3.8, 4) is 11.1 Å². The molecule has 0 bridgehead atoms. The molecule has 22 heavy (non-hydrogen) atoms. The van der Waals surface area contributed by atoms with Crippen LogP contribution in [0.3, 0.4) is 0 Å². The number of benzene rings is 2. The van der Waals surface area contributed by atoms with Gasteiger partial charge in [-0.1, -0.05) is 35.9 Å². The lowest BCUT2D eigenvalue weighted by Gasteiger charge is -2.14. The number of nitrogens with one attached hydrogen (secondary N) is 1. The van der Waals surface area contributed by atoms with Crippen LogP contribution in [0, 0.1) is 20.8 Å². The summed E-state index contributed by atoms with van der Waals surface area (Å²) in [6.45, 7) is 6.02. The number of hydrogen-bond donors (Lipinski definition) is 1. The lowest BCUT2D eigenvalue weighted by atomic mass is 9.95. The number of anilines is 2. The summed E-state index contributed by atoms with van der Waals surface area (Å²) in [6.07, 6.45) is 0. The molecule has 3 aromatic carbocycles. The Bertz CT molecular complexity index is 914. The first-order valence-electron chi connectivity index (χ1n) is 7.22. The van der Waals surface area contributed by atoms with Crippen molar-refractivity contribution in [3.05, 3.63) is 79.6 Å². The first-order valence-corrected chi connectivity index (χ1v) is 7.22. The van der Waals surface area contributed by atoms with E-state index in [2.05, 4.69) is 5.32 Å². The Hall–Kier alpha value is -2.68. The van der Waals surface area contributed by atoms with Crippen molar-refractivity contribution in [1.29, 1.82) is 0 Å². The van der Waals surface area contributed by atoms with Crippen LogP contribution in [0.1, 0.15) is 16.7 Å². The van der Waals surface area contributed by atoms with E-state index in [-0.39, 0.29) is 0 Å². The highest BCUT2D eigenvalue weighted by Crippen LogP contribution is 2.27. The van der Waals surface area contributed by atoms with E-state index < -0.39 is 10.9 Å². The fourth-order valence-electron chi connectivity index (χ4n) is 2.46. The predicted octanol–water partition coefficient (Wildman–Crippen LogP) is 3.62. The first-order chi connectivity index (χ1) is 10.5. The standard InChI is InChI=1S/C19H17NO2/c1-11-4-8-15(9-5-11)20-17-16(18(21)19(17)22)14-7-6-12(2)13(3)10-14/h4-10,20H,1-3H3. The summed E-state index contributed by atoms with van der Waals surface area (Å²) in [5.41, 5.74) is 5.01. The van der Waals surface area contributed by atoms with E-state index >= 15 is 0 Å². The van der Waals surface area contributed by atoms with Crippen molar-refractivity contribution in [2.24, 2.45) is 0 Å². The smallest absolute Gasteiger partial charge is 0.250 e. The van der Waals surface area contributed by atoms with Gasteiger partial charge in [-0.3, -0.25) is 9.59 Å². The largest absolute Gasteiger partial charge is 0.352 e. The van der Waals surface area contributed by atoms with Gasteiger partial charge < -0.3 is 5.32 Å². The third-order valence-corrected chi connectivity index (χ3v) is 4.03. The number of rotatable bonds is 3. The molecule has 3 rings (SSSR count). The maximum Gasteiger partial charge on any atom is 0.250 e. The van der Waals surface area contributed by atoms with Gasteiger partial charge in [0.1, 0.15) is 5.69 Å². The molecule has 0 fully saturated rings. The fourth-order valence-corrected chi connectivity index (χ4v) is 2.46. The van der Waals surface area contributed by atoms with Crippen LogP contribution in [0.25, 0.3) is 11.1 Å². The van der Waals surface area contributed by atoms with Crippen LogP contribution < -0.4 is 16.2 Å². The average molecular weight is 291 g/mol. The van der Waals surface area contributed by atoms with Gasteiger partial charge in [-0.15, -0.1) is 0 Å². The van der Waals surface area contributed by atoms with Crippen LogP contribution in [-0.2, 0) is 0 Å². The zero-order chi connectivity index (χ0) is 15.9. The molecule has 0 atom stereocenters. The lowest BCUT2D eigenvalue weighted by Crippen LogP contribution is -2.35. The molecule has 0 heterocycles. The quantitative estimate of drug-likeness (QED) is 0.750. The molecule has 0 spiro atoms. The summed E-state index contributed by atoms with van der Waals surface area (Å²) in [6, 6.07) is 13.5. The third kappa shape index (κ3) is 2.35. The Balaban J connectivity index is 2.02. The molecular weight excluding hydrogens is 274 g/mol. The SMILES string of the molecule is Cc1ccc(Nc2c(-c3ccc(C)c(C)c3)c(=O)c2=O)cc1. The van der Waals surface area contributed by atoms with Gasteiger partial charge in [0, 0.05) is 5.69 Å². The van der Waals surface area contributed by atoms with Crippen molar-refractivity contribution in [3.63, 3.8) is 0 Å². The average Bonchev–Trinajstić information content (AvgIpc) is 2.51. The summed E-state index contributed by atoms with van der Waals surface area (Å²) in [5, 5.41) is 3.08. The summed E-state index contributed by atoms with van der Waals surface area (Å²) < 4.78 is 0. The summed E-state index contributed by atoms with van der Waals surface area (Å²) >= 11 is 0.